The minimum absolute atomic E-state index is 0.00568. The Bertz CT molecular complexity index is 622. The molecule has 6 nitrogen and oxygen atoms in total. The Morgan fingerprint density at radius 1 is 1.33 bits per heavy atom. The summed E-state index contributed by atoms with van der Waals surface area (Å²) in [5.74, 6) is 0.445. The Hall–Kier alpha value is -1.60. The van der Waals surface area contributed by atoms with Gasteiger partial charge in [0.1, 0.15) is 5.75 Å². The molecule has 0 spiro atoms. The molecule has 7 heteroatoms. The predicted octanol–water partition coefficient (Wildman–Crippen LogP) is 1.25. The van der Waals surface area contributed by atoms with Gasteiger partial charge in [0, 0.05) is 12.0 Å². The zero-order valence-electron chi connectivity index (χ0n) is 12.2. The second-order valence-corrected chi connectivity index (χ2v) is 6.93. The van der Waals surface area contributed by atoms with Crippen LogP contribution < -0.4 is 14.8 Å². The Morgan fingerprint density at radius 2 is 2.00 bits per heavy atom. The van der Waals surface area contributed by atoms with E-state index in [1.807, 2.05) is 0 Å². The topological polar surface area (TPSA) is 84.5 Å². The van der Waals surface area contributed by atoms with E-state index in [9.17, 15) is 13.2 Å². The Morgan fingerprint density at radius 3 is 2.57 bits per heavy atom. The van der Waals surface area contributed by atoms with E-state index >= 15 is 0 Å². The van der Waals surface area contributed by atoms with Crippen molar-refractivity contribution in [1.82, 2.24) is 5.32 Å². The summed E-state index contributed by atoms with van der Waals surface area (Å²) >= 11 is 0. The van der Waals surface area contributed by atoms with E-state index < -0.39 is 10.0 Å². The van der Waals surface area contributed by atoms with Crippen molar-refractivity contribution in [3.63, 3.8) is 0 Å². The molecule has 1 aromatic rings. The number of Topliss-reactive ketones (excluding diaryl/α,β-unsaturated/α-hetero) is 1. The molecule has 0 unspecified atom stereocenters. The lowest BCUT2D eigenvalue weighted by atomic mass is 9.89. The number of hydrogen-bond donors (Lipinski definition) is 2. The van der Waals surface area contributed by atoms with Crippen LogP contribution in [-0.2, 0) is 10.0 Å². The molecule has 1 heterocycles. The summed E-state index contributed by atoms with van der Waals surface area (Å²) in [7, 11) is -1.88. The van der Waals surface area contributed by atoms with E-state index in [-0.39, 0.29) is 11.7 Å². The van der Waals surface area contributed by atoms with Crippen molar-refractivity contribution in [3.05, 3.63) is 23.8 Å². The normalized spacial score (nSPS) is 16.5. The van der Waals surface area contributed by atoms with E-state index in [0.29, 0.717) is 17.0 Å². The lowest BCUT2D eigenvalue weighted by Crippen LogP contribution is -2.32. The first kappa shape index (κ1) is 15.8. The molecule has 0 amide bonds. The maximum absolute atomic E-state index is 12.5. The summed E-state index contributed by atoms with van der Waals surface area (Å²) < 4.78 is 30.1. The highest BCUT2D eigenvalue weighted by molar-refractivity contribution is 7.92. The van der Waals surface area contributed by atoms with Crippen LogP contribution in [0.15, 0.2) is 18.2 Å². The molecule has 2 rings (SSSR count). The Labute approximate surface area is 124 Å². The van der Waals surface area contributed by atoms with Gasteiger partial charge >= 0.3 is 0 Å². The van der Waals surface area contributed by atoms with Gasteiger partial charge in [-0.25, -0.2) is 8.42 Å². The second kappa shape index (κ2) is 6.44. The molecule has 1 fully saturated rings. The number of sulfonamides is 1. The highest BCUT2D eigenvalue weighted by Crippen LogP contribution is 2.28. The van der Waals surface area contributed by atoms with Gasteiger partial charge in [-0.05, 0) is 38.1 Å². The molecule has 0 aromatic heterocycles. The van der Waals surface area contributed by atoms with Gasteiger partial charge in [0.2, 0.25) is 10.0 Å². The smallest absolute Gasteiger partial charge is 0.229 e. The van der Waals surface area contributed by atoms with E-state index in [2.05, 4.69) is 10.0 Å². The molecular formula is C14H20N2O4S. The van der Waals surface area contributed by atoms with Gasteiger partial charge in [-0.3, -0.25) is 9.52 Å². The average molecular weight is 312 g/mol. The largest absolute Gasteiger partial charge is 0.496 e. The number of rotatable bonds is 5. The van der Waals surface area contributed by atoms with Gasteiger partial charge in [0.05, 0.1) is 24.6 Å². The van der Waals surface area contributed by atoms with Gasteiger partial charge in [-0.1, -0.05) is 0 Å². The number of anilines is 1. The molecule has 0 bridgehead atoms. The molecule has 1 saturated heterocycles. The van der Waals surface area contributed by atoms with Gasteiger partial charge in [-0.2, -0.15) is 0 Å². The molecule has 0 atom stereocenters. The summed E-state index contributed by atoms with van der Waals surface area (Å²) in [6.45, 7) is 1.68. The van der Waals surface area contributed by atoms with Gasteiger partial charge in [0.15, 0.2) is 5.78 Å². The monoisotopic (exact) mass is 312 g/mol. The standard InChI is InChI=1S/C14H20N2O4S/c1-20-13-9-11(16-21(2,18)19)3-4-12(13)14(17)10-5-7-15-8-6-10/h3-4,9-10,15-16H,5-8H2,1-2H3. The van der Waals surface area contributed by atoms with Crippen LogP contribution >= 0.6 is 0 Å². The fourth-order valence-corrected chi connectivity index (χ4v) is 3.03. The van der Waals surface area contributed by atoms with E-state index in [0.717, 1.165) is 32.2 Å². The number of nitrogens with one attached hydrogen (secondary N) is 2. The summed E-state index contributed by atoms with van der Waals surface area (Å²) in [5.41, 5.74) is 0.889. The van der Waals surface area contributed by atoms with Crippen molar-refractivity contribution in [2.75, 3.05) is 31.2 Å². The van der Waals surface area contributed by atoms with Crippen molar-refractivity contribution in [2.45, 2.75) is 12.8 Å². The number of benzene rings is 1. The van der Waals surface area contributed by atoms with Crippen LogP contribution in [0.2, 0.25) is 0 Å². The molecule has 21 heavy (non-hydrogen) atoms. The van der Waals surface area contributed by atoms with Crippen LogP contribution in [0.4, 0.5) is 5.69 Å². The average Bonchev–Trinajstić information content (AvgIpc) is 2.45. The van der Waals surface area contributed by atoms with Gasteiger partial charge < -0.3 is 10.1 Å². The quantitative estimate of drug-likeness (QED) is 0.799. The maximum Gasteiger partial charge on any atom is 0.229 e. The number of carbonyl (C=O) groups is 1. The summed E-state index contributed by atoms with van der Waals surface area (Å²) in [4.78, 5) is 12.5. The van der Waals surface area contributed by atoms with E-state index in [1.165, 1.54) is 13.2 Å². The molecule has 1 aromatic carbocycles. The van der Waals surface area contributed by atoms with Crippen LogP contribution in [0, 0.1) is 5.92 Å². The van der Waals surface area contributed by atoms with Crippen molar-refractivity contribution >= 4 is 21.5 Å². The zero-order chi connectivity index (χ0) is 15.5. The summed E-state index contributed by atoms with van der Waals surface area (Å²) in [6, 6.07) is 4.74. The Kier molecular flexibility index (Phi) is 4.84. The molecule has 116 valence electrons. The van der Waals surface area contributed by atoms with Crippen molar-refractivity contribution in [2.24, 2.45) is 5.92 Å². The first-order valence-corrected chi connectivity index (χ1v) is 8.70. The first-order chi connectivity index (χ1) is 9.90. The number of ether oxygens (including phenoxy) is 1. The molecular weight excluding hydrogens is 292 g/mol. The fourth-order valence-electron chi connectivity index (χ4n) is 2.48. The summed E-state index contributed by atoms with van der Waals surface area (Å²) in [5, 5.41) is 3.22. The minimum atomic E-state index is -3.35. The fraction of sp³-hybridized carbons (Fsp3) is 0.500. The SMILES string of the molecule is COc1cc(NS(C)(=O)=O)ccc1C(=O)C1CCNCC1. The van der Waals surface area contributed by atoms with E-state index in [1.54, 1.807) is 12.1 Å². The number of piperidine rings is 1. The second-order valence-electron chi connectivity index (χ2n) is 5.18. The molecule has 0 saturated carbocycles. The third-order valence-corrected chi connectivity index (χ3v) is 4.09. The lowest BCUT2D eigenvalue weighted by molar-refractivity contribution is 0.0892. The molecule has 1 aliphatic heterocycles. The number of carbonyl (C=O) groups excluding carboxylic acids is 1. The van der Waals surface area contributed by atoms with Gasteiger partial charge in [0.25, 0.3) is 0 Å². The van der Waals surface area contributed by atoms with Crippen molar-refractivity contribution in [3.8, 4) is 5.75 Å². The number of methoxy groups -OCH3 is 1. The molecule has 1 aliphatic rings. The molecule has 0 aliphatic carbocycles. The Balaban J connectivity index is 2.25. The van der Waals surface area contributed by atoms with Crippen molar-refractivity contribution in [1.29, 1.82) is 0 Å². The van der Waals surface area contributed by atoms with Crippen LogP contribution in [0.3, 0.4) is 0 Å². The van der Waals surface area contributed by atoms with Crippen LogP contribution in [-0.4, -0.2) is 40.7 Å². The van der Waals surface area contributed by atoms with Crippen LogP contribution in [0.5, 0.6) is 5.75 Å². The summed E-state index contributed by atoms with van der Waals surface area (Å²) in [6.07, 6.45) is 2.70. The molecule has 2 N–H and O–H groups in total. The van der Waals surface area contributed by atoms with Crippen LogP contribution in [0.25, 0.3) is 0 Å². The lowest BCUT2D eigenvalue weighted by Gasteiger charge is -2.22. The van der Waals surface area contributed by atoms with E-state index in [4.69, 9.17) is 4.74 Å². The zero-order valence-corrected chi connectivity index (χ0v) is 13.0. The highest BCUT2D eigenvalue weighted by Gasteiger charge is 2.24. The predicted molar refractivity (Wildman–Crippen MR) is 81.4 cm³/mol. The van der Waals surface area contributed by atoms with Crippen molar-refractivity contribution < 1.29 is 17.9 Å². The van der Waals surface area contributed by atoms with Crippen LogP contribution in [0.1, 0.15) is 23.2 Å². The maximum atomic E-state index is 12.5. The number of ketones is 1. The third-order valence-electron chi connectivity index (χ3n) is 3.48. The number of hydrogen-bond acceptors (Lipinski definition) is 5. The first-order valence-electron chi connectivity index (χ1n) is 6.81. The third kappa shape index (κ3) is 4.18. The minimum Gasteiger partial charge on any atom is -0.496 e. The highest BCUT2D eigenvalue weighted by atomic mass is 32.2. The molecule has 0 radical (unpaired) electrons. The van der Waals surface area contributed by atoms with Gasteiger partial charge in [-0.15, -0.1) is 0 Å².